The van der Waals surface area contributed by atoms with Gasteiger partial charge in [0.25, 0.3) is 0 Å². The Morgan fingerprint density at radius 1 is 0.667 bits per heavy atom. The summed E-state index contributed by atoms with van der Waals surface area (Å²) in [6, 6.07) is 12.2. The van der Waals surface area contributed by atoms with Gasteiger partial charge >= 0.3 is 0 Å². The van der Waals surface area contributed by atoms with Gasteiger partial charge in [0.2, 0.25) is 0 Å². The molecule has 88 valence electrons. The molecule has 0 N–H and O–H groups in total. The van der Waals surface area contributed by atoms with E-state index in [0.717, 1.165) is 42.0 Å². The predicted molar refractivity (Wildman–Crippen MR) is 78.9 cm³/mol. The van der Waals surface area contributed by atoms with Gasteiger partial charge in [0, 0.05) is 21.5 Å². The summed E-state index contributed by atoms with van der Waals surface area (Å²) in [5.41, 5.74) is 1.77. The third-order valence-electron chi connectivity index (χ3n) is 3.10. The van der Waals surface area contributed by atoms with Crippen molar-refractivity contribution < 1.29 is 8.83 Å². The first-order valence-corrected chi connectivity index (χ1v) is 7.01. The molecule has 0 bridgehead atoms. The monoisotopic (exact) mass is 364 g/mol. The average Bonchev–Trinajstić information content (AvgIpc) is 2.89. The lowest BCUT2D eigenvalue weighted by molar-refractivity contribution is 0.588. The van der Waals surface area contributed by atoms with Crippen molar-refractivity contribution in [1.29, 1.82) is 0 Å². The molecule has 0 aliphatic heterocycles. The molecule has 2 aromatic heterocycles. The van der Waals surface area contributed by atoms with Crippen LogP contribution >= 0.6 is 31.9 Å². The van der Waals surface area contributed by atoms with Crippen LogP contribution in [0.5, 0.6) is 0 Å². The fourth-order valence-electron chi connectivity index (χ4n) is 2.34. The summed E-state index contributed by atoms with van der Waals surface area (Å²) in [4.78, 5) is 0. The number of benzene rings is 2. The molecule has 4 rings (SSSR count). The van der Waals surface area contributed by atoms with Crippen molar-refractivity contribution in [2.75, 3.05) is 0 Å². The molecule has 0 saturated heterocycles. The summed E-state index contributed by atoms with van der Waals surface area (Å²) in [5.74, 6) is 0. The number of rotatable bonds is 0. The summed E-state index contributed by atoms with van der Waals surface area (Å²) in [6.07, 6.45) is 0. The Morgan fingerprint density at radius 2 is 1.11 bits per heavy atom. The molecule has 0 spiro atoms. The largest absolute Gasteiger partial charge is 0.449 e. The molecule has 0 radical (unpaired) electrons. The van der Waals surface area contributed by atoms with Crippen LogP contribution in [0.25, 0.3) is 32.7 Å². The molecule has 0 atom stereocenters. The molecule has 4 heteroatoms. The van der Waals surface area contributed by atoms with E-state index in [1.165, 1.54) is 0 Å². The van der Waals surface area contributed by atoms with Gasteiger partial charge in [-0.2, -0.15) is 0 Å². The van der Waals surface area contributed by atoms with Gasteiger partial charge in [0.05, 0.1) is 0 Å². The first-order chi connectivity index (χ1) is 8.72. The molecule has 0 aliphatic rings. The Kier molecular flexibility index (Phi) is 2.14. The molecule has 4 aromatic rings. The van der Waals surface area contributed by atoms with Crippen LogP contribution < -0.4 is 0 Å². The van der Waals surface area contributed by atoms with E-state index in [2.05, 4.69) is 44.0 Å². The van der Waals surface area contributed by atoms with Crippen molar-refractivity contribution in [3.05, 3.63) is 45.7 Å². The lowest BCUT2D eigenvalue weighted by Crippen LogP contribution is -1.74. The van der Waals surface area contributed by atoms with Crippen LogP contribution in [0.2, 0.25) is 0 Å². The quantitative estimate of drug-likeness (QED) is 0.390. The van der Waals surface area contributed by atoms with E-state index in [9.17, 15) is 0 Å². The van der Waals surface area contributed by atoms with Crippen LogP contribution in [0.3, 0.4) is 0 Å². The molecule has 18 heavy (non-hydrogen) atoms. The van der Waals surface area contributed by atoms with Crippen LogP contribution in [0, 0.1) is 0 Å². The molecule has 2 aromatic carbocycles. The van der Waals surface area contributed by atoms with E-state index in [1.807, 2.05) is 24.3 Å². The number of furan rings is 2. The van der Waals surface area contributed by atoms with Crippen molar-refractivity contribution in [1.82, 2.24) is 0 Å². The third kappa shape index (κ3) is 1.39. The highest BCUT2D eigenvalue weighted by Crippen LogP contribution is 2.36. The fourth-order valence-corrected chi connectivity index (χ4v) is 3.15. The maximum Gasteiger partial charge on any atom is 0.170 e. The molecule has 0 fully saturated rings. The van der Waals surface area contributed by atoms with Gasteiger partial charge in [0.1, 0.15) is 11.2 Å². The maximum absolute atomic E-state index is 5.70. The van der Waals surface area contributed by atoms with E-state index < -0.39 is 0 Å². The van der Waals surface area contributed by atoms with Gasteiger partial charge in [0.15, 0.2) is 9.34 Å². The zero-order valence-electron chi connectivity index (χ0n) is 9.04. The lowest BCUT2D eigenvalue weighted by Gasteiger charge is -1.99. The lowest BCUT2D eigenvalue weighted by atomic mass is 10.1. The van der Waals surface area contributed by atoms with Crippen molar-refractivity contribution >= 4 is 64.6 Å². The summed E-state index contributed by atoms with van der Waals surface area (Å²) >= 11 is 6.73. The molecule has 0 saturated carbocycles. The van der Waals surface area contributed by atoms with Crippen molar-refractivity contribution in [3.8, 4) is 0 Å². The summed E-state index contributed by atoms with van der Waals surface area (Å²) in [5, 5.41) is 4.29. The maximum atomic E-state index is 5.70. The van der Waals surface area contributed by atoms with Crippen LogP contribution in [0.4, 0.5) is 0 Å². The fraction of sp³-hybridized carbons (Fsp3) is 0. The molecular weight excluding hydrogens is 360 g/mol. The first kappa shape index (κ1) is 10.6. The van der Waals surface area contributed by atoms with Crippen molar-refractivity contribution in [3.63, 3.8) is 0 Å². The Morgan fingerprint density at radius 3 is 1.56 bits per heavy atom. The van der Waals surface area contributed by atoms with E-state index in [4.69, 9.17) is 8.83 Å². The van der Waals surface area contributed by atoms with Gasteiger partial charge in [-0.25, -0.2) is 0 Å². The zero-order valence-corrected chi connectivity index (χ0v) is 12.2. The second kappa shape index (κ2) is 3.62. The van der Waals surface area contributed by atoms with Crippen molar-refractivity contribution in [2.24, 2.45) is 0 Å². The highest BCUT2D eigenvalue weighted by molar-refractivity contribution is 9.10. The van der Waals surface area contributed by atoms with E-state index >= 15 is 0 Å². The van der Waals surface area contributed by atoms with Crippen molar-refractivity contribution in [2.45, 2.75) is 0 Å². The Bertz CT molecular complexity index is 826. The van der Waals surface area contributed by atoms with Crippen LogP contribution in [-0.2, 0) is 0 Å². The molecule has 0 amide bonds. The van der Waals surface area contributed by atoms with Crippen LogP contribution in [0.1, 0.15) is 0 Å². The van der Waals surface area contributed by atoms with Gasteiger partial charge < -0.3 is 8.83 Å². The molecule has 2 nitrogen and oxygen atoms in total. The minimum atomic E-state index is 0.741. The van der Waals surface area contributed by atoms with Gasteiger partial charge in [-0.05, 0) is 56.1 Å². The Balaban J connectivity index is 2.29. The van der Waals surface area contributed by atoms with Crippen LogP contribution in [-0.4, -0.2) is 0 Å². The summed E-state index contributed by atoms with van der Waals surface area (Å²) < 4.78 is 12.9. The molecular formula is C14H6Br2O2. The Hall–Kier alpha value is -1.26. The highest BCUT2D eigenvalue weighted by atomic mass is 79.9. The number of hydrogen-bond acceptors (Lipinski definition) is 2. The summed E-state index contributed by atoms with van der Waals surface area (Å²) in [6.45, 7) is 0. The highest BCUT2D eigenvalue weighted by Gasteiger charge is 2.11. The van der Waals surface area contributed by atoms with E-state index in [0.29, 0.717) is 0 Å². The van der Waals surface area contributed by atoms with Gasteiger partial charge in [-0.15, -0.1) is 0 Å². The van der Waals surface area contributed by atoms with E-state index in [1.54, 1.807) is 0 Å². The second-order valence-electron chi connectivity index (χ2n) is 4.16. The molecule has 0 aliphatic carbocycles. The third-order valence-corrected chi connectivity index (χ3v) is 3.88. The average molecular weight is 366 g/mol. The number of fused-ring (bicyclic) bond motifs is 5. The van der Waals surface area contributed by atoms with Gasteiger partial charge in [-0.3, -0.25) is 0 Å². The SMILES string of the molecule is Brc1cc2ccc3c(ccc4cc(Br)oc43)c2o1. The first-order valence-electron chi connectivity index (χ1n) is 5.42. The predicted octanol–water partition coefficient (Wildman–Crippen LogP) is 5.86. The smallest absolute Gasteiger partial charge is 0.170 e. The molecule has 2 heterocycles. The normalized spacial score (nSPS) is 11.9. The second-order valence-corrected chi connectivity index (χ2v) is 5.73. The number of halogens is 2. The zero-order chi connectivity index (χ0) is 12.3. The molecule has 0 unspecified atom stereocenters. The summed E-state index contributed by atoms with van der Waals surface area (Å²) in [7, 11) is 0. The standard InChI is InChI=1S/C14H6Br2O2/c15-11-5-7-1-3-9-10(13(7)17-11)4-2-8-6-12(16)18-14(8)9/h1-6H. The Labute approximate surface area is 119 Å². The minimum absolute atomic E-state index is 0.741. The minimum Gasteiger partial charge on any atom is -0.449 e. The number of hydrogen-bond donors (Lipinski definition) is 0. The van der Waals surface area contributed by atoms with E-state index in [-0.39, 0.29) is 0 Å². The van der Waals surface area contributed by atoms with Gasteiger partial charge in [-0.1, -0.05) is 12.1 Å². The van der Waals surface area contributed by atoms with Crippen LogP contribution in [0.15, 0.2) is 54.6 Å². The topological polar surface area (TPSA) is 26.3 Å².